The largest absolute Gasteiger partial charge is 0.508 e. The molecule has 1 aromatic carbocycles. The summed E-state index contributed by atoms with van der Waals surface area (Å²) in [5.41, 5.74) is 1.07. The highest BCUT2D eigenvalue weighted by molar-refractivity contribution is 6.00. The summed E-state index contributed by atoms with van der Waals surface area (Å²) >= 11 is 0. The first-order chi connectivity index (χ1) is 10.5. The van der Waals surface area contributed by atoms with Crippen molar-refractivity contribution in [2.75, 3.05) is 14.2 Å². The number of phenolic OH excluding ortho intramolecular Hbond substituents is 1. The number of fused-ring (bicyclic) bond motifs is 1. The van der Waals surface area contributed by atoms with Crippen LogP contribution >= 0.6 is 0 Å². The Hall–Kier alpha value is -2.57. The Morgan fingerprint density at radius 1 is 1.32 bits per heavy atom. The molecule has 0 saturated carbocycles. The average molecular weight is 307 g/mol. The molecule has 1 aliphatic heterocycles. The molecule has 1 N–H and O–H groups in total. The molecule has 1 unspecified atom stereocenters. The van der Waals surface area contributed by atoms with Crippen molar-refractivity contribution in [3.63, 3.8) is 0 Å². The molecule has 1 amide bonds. The van der Waals surface area contributed by atoms with Gasteiger partial charge in [-0.1, -0.05) is 0 Å². The molecule has 1 aliphatic rings. The van der Waals surface area contributed by atoms with Gasteiger partial charge >= 0.3 is 11.9 Å². The second kappa shape index (κ2) is 6.46. The summed E-state index contributed by atoms with van der Waals surface area (Å²) in [7, 11) is 2.49. The Morgan fingerprint density at radius 2 is 2.05 bits per heavy atom. The van der Waals surface area contributed by atoms with Crippen molar-refractivity contribution in [3.05, 3.63) is 29.3 Å². The molecule has 118 valence electrons. The Bertz CT molecular complexity index is 612. The van der Waals surface area contributed by atoms with Crippen LogP contribution < -0.4 is 0 Å². The fourth-order valence-corrected chi connectivity index (χ4v) is 2.47. The first-order valence-electron chi connectivity index (χ1n) is 6.75. The van der Waals surface area contributed by atoms with E-state index >= 15 is 0 Å². The first-order valence-corrected chi connectivity index (χ1v) is 6.75. The number of methoxy groups -OCH3 is 2. The van der Waals surface area contributed by atoms with Crippen LogP contribution in [0.2, 0.25) is 0 Å². The smallest absolute Gasteiger partial charge is 0.328 e. The molecule has 1 atom stereocenters. The molecule has 7 heteroatoms. The van der Waals surface area contributed by atoms with Crippen LogP contribution in [0.3, 0.4) is 0 Å². The summed E-state index contributed by atoms with van der Waals surface area (Å²) in [6, 6.07) is 3.55. The van der Waals surface area contributed by atoms with Crippen molar-refractivity contribution in [3.8, 4) is 5.75 Å². The number of nitrogens with zero attached hydrogens (tertiary/aromatic N) is 1. The molecule has 0 bridgehead atoms. The number of rotatable bonds is 5. The summed E-state index contributed by atoms with van der Waals surface area (Å²) < 4.78 is 9.28. The third kappa shape index (κ3) is 3.03. The van der Waals surface area contributed by atoms with Crippen LogP contribution in [-0.2, 0) is 25.6 Å². The van der Waals surface area contributed by atoms with Crippen molar-refractivity contribution in [2.24, 2.45) is 0 Å². The minimum absolute atomic E-state index is 0.00163. The molecule has 22 heavy (non-hydrogen) atoms. The lowest BCUT2D eigenvalue weighted by Crippen LogP contribution is -2.42. The molecule has 1 aromatic rings. The Kier molecular flexibility index (Phi) is 4.65. The number of aromatic hydroxyl groups is 1. The van der Waals surface area contributed by atoms with Gasteiger partial charge in [0.1, 0.15) is 11.8 Å². The Balaban J connectivity index is 2.20. The molecule has 0 radical (unpaired) electrons. The van der Waals surface area contributed by atoms with Gasteiger partial charge in [-0.15, -0.1) is 0 Å². The van der Waals surface area contributed by atoms with Crippen LogP contribution in [0.15, 0.2) is 18.2 Å². The van der Waals surface area contributed by atoms with E-state index in [-0.39, 0.29) is 31.0 Å². The van der Waals surface area contributed by atoms with Gasteiger partial charge in [-0.3, -0.25) is 9.59 Å². The highest BCUT2D eigenvalue weighted by atomic mass is 16.5. The highest BCUT2D eigenvalue weighted by Crippen LogP contribution is 2.29. The van der Waals surface area contributed by atoms with Gasteiger partial charge in [-0.05, 0) is 30.2 Å². The Morgan fingerprint density at radius 3 is 2.68 bits per heavy atom. The first kappa shape index (κ1) is 15.8. The molecule has 1 heterocycles. The summed E-state index contributed by atoms with van der Waals surface area (Å²) in [5, 5.41) is 9.49. The minimum atomic E-state index is -0.869. The maximum atomic E-state index is 12.4. The van der Waals surface area contributed by atoms with Crippen molar-refractivity contribution < 1.29 is 29.0 Å². The number of ether oxygens (including phenoxy) is 2. The van der Waals surface area contributed by atoms with Crippen LogP contribution in [0.5, 0.6) is 5.75 Å². The Labute approximate surface area is 127 Å². The molecule has 0 saturated heterocycles. The van der Waals surface area contributed by atoms with E-state index in [1.807, 2.05) is 0 Å². The number of benzene rings is 1. The number of carbonyl (C=O) groups is 3. The van der Waals surface area contributed by atoms with Gasteiger partial charge in [0.2, 0.25) is 0 Å². The van der Waals surface area contributed by atoms with Crippen LogP contribution in [0.4, 0.5) is 0 Å². The monoisotopic (exact) mass is 307 g/mol. The zero-order valence-corrected chi connectivity index (χ0v) is 12.4. The zero-order chi connectivity index (χ0) is 16.3. The van der Waals surface area contributed by atoms with Crippen LogP contribution in [0.25, 0.3) is 0 Å². The van der Waals surface area contributed by atoms with Gasteiger partial charge in [-0.2, -0.15) is 0 Å². The van der Waals surface area contributed by atoms with Crippen LogP contribution in [-0.4, -0.2) is 48.1 Å². The van der Waals surface area contributed by atoms with Crippen LogP contribution in [0.1, 0.15) is 28.8 Å². The maximum Gasteiger partial charge on any atom is 0.328 e. The fourth-order valence-electron chi connectivity index (χ4n) is 2.47. The quantitative estimate of drug-likeness (QED) is 0.810. The second-order valence-electron chi connectivity index (χ2n) is 4.93. The van der Waals surface area contributed by atoms with E-state index in [4.69, 9.17) is 4.74 Å². The van der Waals surface area contributed by atoms with Gasteiger partial charge in [0.25, 0.3) is 5.91 Å². The number of hydrogen-bond acceptors (Lipinski definition) is 6. The molecule has 0 fully saturated rings. The van der Waals surface area contributed by atoms with Crippen molar-refractivity contribution in [1.29, 1.82) is 0 Å². The van der Waals surface area contributed by atoms with E-state index in [1.54, 1.807) is 0 Å². The number of esters is 2. The van der Waals surface area contributed by atoms with Crippen LogP contribution in [0, 0.1) is 0 Å². The van der Waals surface area contributed by atoms with E-state index in [9.17, 15) is 19.5 Å². The molecular weight excluding hydrogens is 290 g/mol. The summed E-state index contributed by atoms with van der Waals surface area (Å²) in [6.07, 6.45) is 0.118. The normalized spacial score (nSPS) is 14.5. The predicted molar refractivity (Wildman–Crippen MR) is 75.0 cm³/mol. The maximum absolute atomic E-state index is 12.4. The third-order valence-electron chi connectivity index (χ3n) is 3.62. The molecular formula is C15H17NO6. The fraction of sp³-hybridized carbons (Fsp3) is 0.400. The van der Waals surface area contributed by atoms with Gasteiger partial charge in [-0.25, -0.2) is 4.79 Å². The summed E-state index contributed by atoms with van der Waals surface area (Å²) in [5.74, 6) is -1.32. The lowest BCUT2D eigenvalue weighted by atomic mass is 10.1. The molecule has 7 nitrogen and oxygen atoms in total. The van der Waals surface area contributed by atoms with E-state index < -0.39 is 18.0 Å². The second-order valence-corrected chi connectivity index (χ2v) is 4.93. The number of hydrogen-bond donors (Lipinski definition) is 1. The average Bonchev–Trinajstić information content (AvgIpc) is 2.83. The topological polar surface area (TPSA) is 93.1 Å². The van der Waals surface area contributed by atoms with Crippen molar-refractivity contribution >= 4 is 17.8 Å². The summed E-state index contributed by atoms with van der Waals surface area (Å²) in [4.78, 5) is 37.0. The molecule has 0 spiro atoms. The number of amides is 1. The van der Waals surface area contributed by atoms with E-state index in [1.165, 1.54) is 37.3 Å². The lowest BCUT2D eigenvalue weighted by molar-refractivity contribution is -0.147. The van der Waals surface area contributed by atoms with Gasteiger partial charge in [0.15, 0.2) is 0 Å². The molecule has 0 aromatic heterocycles. The standard InChI is InChI=1S/C15H17NO6/c1-21-13(18)6-5-12(15(20)22-2)16-8-9-7-10(17)3-4-11(9)14(16)19/h3-4,7,12,17H,5-6,8H2,1-2H3. The predicted octanol–water partition coefficient (Wildman–Crippen LogP) is 0.843. The van der Waals surface area contributed by atoms with Gasteiger partial charge < -0.3 is 19.5 Å². The number of phenols is 1. The molecule has 2 rings (SSSR count). The third-order valence-corrected chi connectivity index (χ3v) is 3.62. The lowest BCUT2D eigenvalue weighted by Gasteiger charge is -2.25. The highest BCUT2D eigenvalue weighted by Gasteiger charge is 2.37. The van der Waals surface area contributed by atoms with Crippen molar-refractivity contribution in [2.45, 2.75) is 25.4 Å². The van der Waals surface area contributed by atoms with Crippen molar-refractivity contribution in [1.82, 2.24) is 4.90 Å². The van der Waals surface area contributed by atoms with E-state index in [0.717, 1.165) is 0 Å². The number of carbonyl (C=O) groups excluding carboxylic acids is 3. The SMILES string of the molecule is COC(=O)CCC(C(=O)OC)N1Cc2cc(O)ccc2C1=O. The van der Waals surface area contributed by atoms with E-state index in [0.29, 0.717) is 11.1 Å². The summed E-state index contributed by atoms with van der Waals surface area (Å²) in [6.45, 7) is 0.184. The minimum Gasteiger partial charge on any atom is -0.508 e. The van der Waals surface area contributed by atoms with Gasteiger partial charge in [0, 0.05) is 18.5 Å². The zero-order valence-electron chi connectivity index (χ0n) is 12.4. The van der Waals surface area contributed by atoms with Gasteiger partial charge in [0.05, 0.1) is 14.2 Å². The van der Waals surface area contributed by atoms with E-state index in [2.05, 4.69) is 4.74 Å². The molecule has 0 aliphatic carbocycles.